The topological polar surface area (TPSA) is 81.2 Å². The van der Waals surface area contributed by atoms with Gasteiger partial charge in [0.25, 0.3) is 5.56 Å². The van der Waals surface area contributed by atoms with Crippen molar-refractivity contribution in [1.82, 2.24) is 29.4 Å². The van der Waals surface area contributed by atoms with Gasteiger partial charge in [-0.3, -0.25) is 9.36 Å². The van der Waals surface area contributed by atoms with Gasteiger partial charge in [-0.2, -0.15) is 4.52 Å². The van der Waals surface area contributed by atoms with E-state index in [9.17, 15) is 4.79 Å². The highest BCUT2D eigenvalue weighted by Gasteiger charge is 2.22. The van der Waals surface area contributed by atoms with Crippen LogP contribution in [0.15, 0.2) is 47.5 Å². The Labute approximate surface area is 161 Å². The van der Waals surface area contributed by atoms with Crippen LogP contribution in [0.2, 0.25) is 0 Å². The SMILES string of the molecule is Cc1nc2ccccc2c(=O)n1CC1CCN(c2ccc3nncn3n2)CC1. The summed E-state index contributed by atoms with van der Waals surface area (Å²) in [6.07, 6.45) is 3.65. The van der Waals surface area contributed by atoms with Crippen LogP contribution in [0.25, 0.3) is 16.6 Å². The molecular formula is C20H21N7O. The summed E-state index contributed by atoms with van der Waals surface area (Å²) in [6, 6.07) is 11.5. The quantitative estimate of drug-likeness (QED) is 0.545. The van der Waals surface area contributed by atoms with E-state index in [1.807, 2.05) is 47.9 Å². The predicted octanol–water partition coefficient (Wildman–Crippen LogP) is 2.06. The fraction of sp³-hybridized carbons (Fsp3) is 0.350. The van der Waals surface area contributed by atoms with Crippen LogP contribution in [0, 0.1) is 12.8 Å². The number of hydrogen-bond acceptors (Lipinski definition) is 6. The predicted molar refractivity (Wildman–Crippen MR) is 106 cm³/mol. The normalized spacial score (nSPS) is 15.5. The minimum absolute atomic E-state index is 0.0604. The number of rotatable bonds is 3. The van der Waals surface area contributed by atoms with Crippen LogP contribution in [-0.4, -0.2) is 42.5 Å². The average Bonchev–Trinajstić information content (AvgIpc) is 3.19. The molecule has 8 heteroatoms. The summed E-state index contributed by atoms with van der Waals surface area (Å²) in [5.41, 5.74) is 1.58. The molecule has 3 aromatic heterocycles. The highest BCUT2D eigenvalue weighted by Crippen LogP contribution is 2.23. The van der Waals surface area contributed by atoms with Gasteiger partial charge in [0.15, 0.2) is 5.65 Å². The van der Waals surface area contributed by atoms with Crippen molar-refractivity contribution in [3.63, 3.8) is 0 Å². The average molecular weight is 375 g/mol. The summed E-state index contributed by atoms with van der Waals surface area (Å²) >= 11 is 0. The second-order valence-electron chi connectivity index (χ2n) is 7.35. The summed E-state index contributed by atoms with van der Waals surface area (Å²) in [5.74, 6) is 2.17. The van der Waals surface area contributed by atoms with Crippen LogP contribution < -0.4 is 10.5 Å². The fourth-order valence-corrected chi connectivity index (χ4v) is 3.98. The molecule has 1 saturated heterocycles. The van der Waals surface area contributed by atoms with Gasteiger partial charge in [-0.1, -0.05) is 12.1 Å². The molecule has 0 atom stereocenters. The number of piperidine rings is 1. The largest absolute Gasteiger partial charge is 0.355 e. The van der Waals surface area contributed by atoms with Crippen molar-refractivity contribution in [2.75, 3.05) is 18.0 Å². The van der Waals surface area contributed by atoms with Crippen molar-refractivity contribution < 1.29 is 0 Å². The summed E-state index contributed by atoms with van der Waals surface area (Å²) in [4.78, 5) is 19.8. The van der Waals surface area contributed by atoms with Gasteiger partial charge in [-0.05, 0) is 49.9 Å². The molecular weight excluding hydrogens is 354 g/mol. The highest BCUT2D eigenvalue weighted by molar-refractivity contribution is 5.77. The molecule has 0 radical (unpaired) electrons. The Kier molecular flexibility index (Phi) is 4.03. The summed E-state index contributed by atoms with van der Waals surface area (Å²) in [7, 11) is 0. The van der Waals surface area contributed by atoms with Crippen LogP contribution in [0.4, 0.5) is 5.82 Å². The van der Waals surface area contributed by atoms with Crippen molar-refractivity contribution in [3.05, 3.63) is 58.9 Å². The zero-order chi connectivity index (χ0) is 19.1. The number of aryl methyl sites for hydroxylation is 1. The number of anilines is 1. The van der Waals surface area contributed by atoms with Crippen molar-refractivity contribution in [3.8, 4) is 0 Å². The van der Waals surface area contributed by atoms with E-state index in [-0.39, 0.29) is 5.56 Å². The Hall–Kier alpha value is -3.29. The molecule has 4 aromatic rings. The summed E-state index contributed by atoms with van der Waals surface area (Å²) < 4.78 is 3.54. The number of para-hydroxylation sites is 1. The number of aromatic nitrogens is 6. The molecule has 0 saturated carbocycles. The third-order valence-corrected chi connectivity index (χ3v) is 5.58. The molecule has 4 heterocycles. The summed E-state index contributed by atoms with van der Waals surface area (Å²) in [6.45, 7) is 4.47. The first kappa shape index (κ1) is 16.9. The van der Waals surface area contributed by atoms with Gasteiger partial charge in [-0.15, -0.1) is 15.3 Å². The molecule has 8 nitrogen and oxygen atoms in total. The molecule has 0 bridgehead atoms. The lowest BCUT2D eigenvalue weighted by Gasteiger charge is -2.33. The molecule has 0 N–H and O–H groups in total. The number of nitrogens with zero attached hydrogens (tertiary/aromatic N) is 7. The molecule has 0 spiro atoms. The Bertz CT molecular complexity index is 1200. The molecule has 1 aliphatic rings. The smallest absolute Gasteiger partial charge is 0.261 e. The molecule has 1 aromatic carbocycles. The van der Waals surface area contributed by atoms with Crippen molar-refractivity contribution >= 4 is 22.4 Å². The molecule has 0 aliphatic carbocycles. The Morgan fingerprint density at radius 2 is 1.93 bits per heavy atom. The van der Waals surface area contributed by atoms with Crippen molar-refractivity contribution in [1.29, 1.82) is 0 Å². The molecule has 5 rings (SSSR count). The molecule has 142 valence electrons. The zero-order valence-electron chi connectivity index (χ0n) is 15.7. The summed E-state index contributed by atoms with van der Waals surface area (Å²) in [5, 5.41) is 13.1. The van der Waals surface area contributed by atoms with E-state index in [1.54, 1.807) is 10.8 Å². The van der Waals surface area contributed by atoms with Crippen LogP contribution in [0.1, 0.15) is 18.7 Å². The van der Waals surface area contributed by atoms with Crippen LogP contribution in [0.5, 0.6) is 0 Å². The van der Waals surface area contributed by atoms with E-state index in [1.165, 1.54) is 0 Å². The maximum atomic E-state index is 12.9. The monoisotopic (exact) mass is 375 g/mol. The van der Waals surface area contributed by atoms with Gasteiger partial charge in [-0.25, -0.2) is 4.98 Å². The lowest BCUT2D eigenvalue weighted by molar-refractivity contribution is 0.347. The molecule has 1 fully saturated rings. The van der Waals surface area contributed by atoms with Gasteiger partial charge in [0.1, 0.15) is 18.0 Å². The molecule has 1 aliphatic heterocycles. The Morgan fingerprint density at radius 1 is 1.11 bits per heavy atom. The third kappa shape index (κ3) is 2.90. The van der Waals surface area contributed by atoms with Crippen molar-refractivity contribution in [2.45, 2.75) is 26.3 Å². The third-order valence-electron chi connectivity index (χ3n) is 5.58. The van der Waals surface area contributed by atoms with Crippen LogP contribution >= 0.6 is 0 Å². The van der Waals surface area contributed by atoms with Gasteiger partial charge in [0.05, 0.1) is 10.9 Å². The molecule has 0 unspecified atom stereocenters. The Balaban J connectivity index is 1.32. The Morgan fingerprint density at radius 3 is 2.79 bits per heavy atom. The van der Waals surface area contributed by atoms with Gasteiger partial charge < -0.3 is 4.90 Å². The second-order valence-corrected chi connectivity index (χ2v) is 7.35. The first-order valence-electron chi connectivity index (χ1n) is 9.57. The minimum atomic E-state index is 0.0604. The van der Waals surface area contributed by atoms with E-state index < -0.39 is 0 Å². The lowest BCUT2D eigenvalue weighted by atomic mass is 9.96. The van der Waals surface area contributed by atoms with E-state index in [0.717, 1.165) is 48.7 Å². The lowest BCUT2D eigenvalue weighted by Crippen LogP contribution is -2.37. The number of hydrogen-bond donors (Lipinski definition) is 0. The number of benzene rings is 1. The van der Waals surface area contributed by atoms with Crippen LogP contribution in [-0.2, 0) is 6.54 Å². The number of fused-ring (bicyclic) bond motifs is 2. The van der Waals surface area contributed by atoms with E-state index >= 15 is 0 Å². The minimum Gasteiger partial charge on any atom is -0.355 e. The van der Waals surface area contributed by atoms with Crippen molar-refractivity contribution in [2.24, 2.45) is 5.92 Å². The second kappa shape index (κ2) is 6.70. The van der Waals surface area contributed by atoms with Gasteiger partial charge in [0, 0.05) is 19.6 Å². The van der Waals surface area contributed by atoms with E-state index in [0.29, 0.717) is 17.8 Å². The first-order chi connectivity index (χ1) is 13.7. The van der Waals surface area contributed by atoms with E-state index in [4.69, 9.17) is 0 Å². The maximum Gasteiger partial charge on any atom is 0.261 e. The molecule has 28 heavy (non-hydrogen) atoms. The van der Waals surface area contributed by atoms with E-state index in [2.05, 4.69) is 25.2 Å². The van der Waals surface area contributed by atoms with Crippen LogP contribution in [0.3, 0.4) is 0 Å². The highest BCUT2D eigenvalue weighted by atomic mass is 16.1. The van der Waals surface area contributed by atoms with Gasteiger partial charge in [0.2, 0.25) is 0 Å². The maximum absolute atomic E-state index is 12.9. The fourth-order valence-electron chi connectivity index (χ4n) is 3.98. The standard InChI is InChI=1S/C20H21N7O/c1-14-22-17-5-3-2-4-16(17)20(28)26(14)12-15-8-10-25(11-9-15)19-7-6-18-23-21-13-27(18)24-19/h2-7,13,15H,8-12H2,1H3. The zero-order valence-corrected chi connectivity index (χ0v) is 15.7. The molecule has 0 amide bonds. The first-order valence-corrected chi connectivity index (χ1v) is 9.57. The van der Waals surface area contributed by atoms with Gasteiger partial charge >= 0.3 is 0 Å².